The van der Waals surface area contributed by atoms with E-state index in [4.69, 9.17) is 5.73 Å². The van der Waals surface area contributed by atoms with Gasteiger partial charge in [0.2, 0.25) is 5.91 Å². The van der Waals surface area contributed by atoms with Crippen LogP contribution in [0.4, 0.5) is 0 Å². The molecule has 0 radical (unpaired) electrons. The van der Waals surface area contributed by atoms with E-state index in [-0.39, 0.29) is 11.9 Å². The Hall–Kier alpha value is -1.94. The third-order valence-corrected chi connectivity index (χ3v) is 2.86. The molecule has 0 saturated carbocycles. The summed E-state index contributed by atoms with van der Waals surface area (Å²) in [5.74, 6) is -0.286. The minimum Gasteiger partial charge on any atom is -0.370 e. The lowest BCUT2D eigenvalue weighted by molar-refractivity contribution is -0.118. The Labute approximate surface area is 106 Å². The first-order valence-electron chi connectivity index (χ1n) is 6.01. The fourth-order valence-electron chi connectivity index (χ4n) is 1.97. The fraction of sp³-hybridized carbons (Fsp3) is 0.286. The number of nitrogens with two attached hydrogens (primary N) is 1. The Bertz CT molecular complexity index is 548. The SMILES string of the molecule is CC(CC(N)=O)NCc1cccc2cccnc12. The highest BCUT2D eigenvalue weighted by Crippen LogP contribution is 2.15. The fourth-order valence-corrected chi connectivity index (χ4v) is 1.97. The molecule has 0 spiro atoms. The van der Waals surface area contributed by atoms with E-state index in [1.54, 1.807) is 6.20 Å². The number of nitrogens with one attached hydrogen (secondary N) is 1. The maximum Gasteiger partial charge on any atom is 0.218 e. The van der Waals surface area contributed by atoms with Gasteiger partial charge in [0.05, 0.1) is 5.52 Å². The van der Waals surface area contributed by atoms with Gasteiger partial charge in [-0.05, 0) is 18.6 Å². The van der Waals surface area contributed by atoms with Crippen LogP contribution in [0.3, 0.4) is 0 Å². The van der Waals surface area contributed by atoms with Crippen molar-refractivity contribution in [1.82, 2.24) is 10.3 Å². The molecular formula is C14H17N3O. The van der Waals surface area contributed by atoms with E-state index in [0.717, 1.165) is 16.5 Å². The molecule has 2 aromatic rings. The molecule has 3 N–H and O–H groups in total. The van der Waals surface area contributed by atoms with Crippen LogP contribution in [0.5, 0.6) is 0 Å². The van der Waals surface area contributed by atoms with Gasteiger partial charge >= 0.3 is 0 Å². The number of aromatic nitrogens is 1. The molecule has 2 rings (SSSR count). The molecular weight excluding hydrogens is 226 g/mol. The third kappa shape index (κ3) is 3.05. The van der Waals surface area contributed by atoms with Gasteiger partial charge in [0.15, 0.2) is 0 Å². The van der Waals surface area contributed by atoms with Crippen LogP contribution in [0.2, 0.25) is 0 Å². The average molecular weight is 243 g/mol. The molecule has 1 amide bonds. The summed E-state index contributed by atoms with van der Waals surface area (Å²) in [7, 11) is 0. The normalized spacial score (nSPS) is 12.5. The van der Waals surface area contributed by atoms with Crippen molar-refractivity contribution < 1.29 is 4.79 Å². The Balaban J connectivity index is 2.10. The van der Waals surface area contributed by atoms with Crippen LogP contribution in [-0.4, -0.2) is 16.9 Å². The van der Waals surface area contributed by atoms with Crippen LogP contribution in [0.1, 0.15) is 18.9 Å². The van der Waals surface area contributed by atoms with Gasteiger partial charge in [-0.15, -0.1) is 0 Å². The van der Waals surface area contributed by atoms with E-state index >= 15 is 0 Å². The van der Waals surface area contributed by atoms with E-state index < -0.39 is 0 Å². The first-order valence-corrected chi connectivity index (χ1v) is 6.01. The Morgan fingerprint density at radius 1 is 1.39 bits per heavy atom. The molecule has 94 valence electrons. The van der Waals surface area contributed by atoms with Gasteiger partial charge in [-0.2, -0.15) is 0 Å². The van der Waals surface area contributed by atoms with Gasteiger partial charge in [-0.25, -0.2) is 0 Å². The second kappa shape index (κ2) is 5.60. The van der Waals surface area contributed by atoms with Crippen LogP contribution < -0.4 is 11.1 Å². The summed E-state index contributed by atoms with van der Waals surface area (Å²) in [6, 6.07) is 10.1. The smallest absolute Gasteiger partial charge is 0.218 e. The van der Waals surface area contributed by atoms with Crippen LogP contribution in [0.25, 0.3) is 10.9 Å². The van der Waals surface area contributed by atoms with Crippen molar-refractivity contribution in [3.63, 3.8) is 0 Å². The molecule has 18 heavy (non-hydrogen) atoms. The predicted octanol–water partition coefficient (Wildman–Crippen LogP) is 1.59. The highest BCUT2D eigenvalue weighted by molar-refractivity contribution is 5.81. The largest absolute Gasteiger partial charge is 0.370 e. The quantitative estimate of drug-likeness (QED) is 0.838. The van der Waals surface area contributed by atoms with Gasteiger partial charge in [0.1, 0.15) is 0 Å². The number of hydrogen-bond donors (Lipinski definition) is 2. The summed E-state index contributed by atoms with van der Waals surface area (Å²) in [6.45, 7) is 2.63. The zero-order valence-corrected chi connectivity index (χ0v) is 10.4. The maximum absolute atomic E-state index is 10.8. The molecule has 0 bridgehead atoms. The lowest BCUT2D eigenvalue weighted by atomic mass is 10.1. The number of para-hydroxylation sites is 1. The summed E-state index contributed by atoms with van der Waals surface area (Å²) in [5.41, 5.74) is 7.29. The molecule has 0 fully saturated rings. The number of carbonyl (C=O) groups is 1. The van der Waals surface area contributed by atoms with E-state index in [9.17, 15) is 4.79 Å². The summed E-state index contributed by atoms with van der Waals surface area (Å²) in [5, 5.41) is 4.41. The molecule has 1 aromatic heterocycles. The molecule has 1 aromatic carbocycles. The monoisotopic (exact) mass is 243 g/mol. The summed E-state index contributed by atoms with van der Waals surface area (Å²) >= 11 is 0. The molecule has 1 atom stereocenters. The van der Waals surface area contributed by atoms with Crippen LogP contribution >= 0.6 is 0 Å². The zero-order chi connectivity index (χ0) is 13.0. The van der Waals surface area contributed by atoms with Crippen LogP contribution in [0, 0.1) is 0 Å². The predicted molar refractivity (Wildman–Crippen MR) is 71.9 cm³/mol. The molecule has 0 aliphatic heterocycles. The number of primary amides is 1. The van der Waals surface area contributed by atoms with Gasteiger partial charge < -0.3 is 11.1 Å². The second-order valence-electron chi connectivity index (χ2n) is 4.44. The number of fused-ring (bicyclic) bond motifs is 1. The standard InChI is InChI=1S/C14H17N3O/c1-10(8-13(15)18)17-9-12-5-2-4-11-6-3-7-16-14(11)12/h2-7,10,17H,8-9H2,1H3,(H2,15,18). The second-order valence-corrected chi connectivity index (χ2v) is 4.44. The zero-order valence-electron chi connectivity index (χ0n) is 10.4. The number of benzene rings is 1. The third-order valence-electron chi connectivity index (χ3n) is 2.86. The molecule has 1 unspecified atom stereocenters. The number of pyridine rings is 1. The van der Waals surface area contributed by atoms with Crippen LogP contribution in [0.15, 0.2) is 36.5 Å². The van der Waals surface area contributed by atoms with Crippen molar-refractivity contribution >= 4 is 16.8 Å². The number of hydrogen-bond acceptors (Lipinski definition) is 3. The van der Waals surface area contributed by atoms with E-state index in [2.05, 4.69) is 10.3 Å². The van der Waals surface area contributed by atoms with Crippen molar-refractivity contribution in [3.05, 3.63) is 42.1 Å². The van der Waals surface area contributed by atoms with Gasteiger partial charge in [-0.1, -0.05) is 24.3 Å². The van der Waals surface area contributed by atoms with E-state index in [1.165, 1.54) is 0 Å². The van der Waals surface area contributed by atoms with Crippen molar-refractivity contribution in [3.8, 4) is 0 Å². The van der Waals surface area contributed by atoms with E-state index in [1.807, 2.05) is 37.3 Å². The highest BCUT2D eigenvalue weighted by atomic mass is 16.1. The first-order chi connectivity index (χ1) is 8.66. The van der Waals surface area contributed by atoms with Gasteiger partial charge in [-0.3, -0.25) is 9.78 Å². The van der Waals surface area contributed by atoms with Gasteiger partial charge in [0.25, 0.3) is 0 Å². The molecule has 0 aliphatic rings. The topological polar surface area (TPSA) is 68.0 Å². The molecule has 0 aliphatic carbocycles. The van der Waals surface area contributed by atoms with E-state index in [0.29, 0.717) is 13.0 Å². The van der Waals surface area contributed by atoms with Crippen molar-refractivity contribution in [2.24, 2.45) is 5.73 Å². The summed E-state index contributed by atoms with van der Waals surface area (Å²) < 4.78 is 0. The average Bonchev–Trinajstić information content (AvgIpc) is 2.35. The minimum atomic E-state index is -0.286. The molecule has 1 heterocycles. The summed E-state index contributed by atoms with van der Waals surface area (Å²) in [4.78, 5) is 15.2. The molecule has 4 heteroatoms. The molecule has 4 nitrogen and oxygen atoms in total. The number of rotatable bonds is 5. The lowest BCUT2D eigenvalue weighted by Crippen LogP contribution is -2.30. The number of amides is 1. The van der Waals surface area contributed by atoms with Crippen molar-refractivity contribution in [2.75, 3.05) is 0 Å². The Morgan fingerprint density at radius 3 is 2.94 bits per heavy atom. The summed E-state index contributed by atoms with van der Waals surface area (Å²) in [6.07, 6.45) is 2.14. The minimum absolute atomic E-state index is 0.0708. The number of nitrogens with zero attached hydrogens (tertiary/aromatic N) is 1. The van der Waals surface area contributed by atoms with Crippen LogP contribution in [-0.2, 0) is 11.3 Å². The van der Waals surface area contributed by atoms with Crippen molar-refractivity contribution in [2.45, 2.75) is 25.9 Å². The Kier molecular flexibility index (Phi) is 3.89. The number of carbonyl (C=O) groups excluding carboxylic acids is 1. The highest BCUT2D eigenvalue weighted by Gasteiger charge is 2.07. The first kappa shape index (κ1) is 12.5. The maximum atomic E-state index is 10.8. The Morgan fingerprint density at radius 2 is 2.17 bits per heavy atom. The van der Waals surface area contributed by atoms with Crippen molar-refractivity contribution in [1.29, 1.82) is 0 Å². The molecule has 0 saturated heterocycles. The lowest BCUT2D eigenvalue weighted by Gasteiger charge is -2.12. The van der Waals surface area contributed by atoms with Gasteiger partial charge in [0, 0.05) is 30.6 Å².